The van der Waals surface area contributed by atoms with Gasteiger partial charge in [0.2, 0.25) is 0 Å². The molecule has 3 heterocycles. The number of hydrogen-bond acceptors (Lipinski definition) is 5. The van der Waals surface area contributed by atoms with Crippen molar-refractivity contribution in [2.24, 2.45) is 16.6 Å². The van der Waals surface area contributed by atoms with Gasteiger partial charge in [0.15, 0.2) is 0 Å². The van der Waals surface area contributed by atoms with Gasteiger partial charge < -0.3 is 19.9 Å². The molecule has 2 aromatic rings. The Bertz CT molecular complexity index is 931. The number of nitrogens with two attached hydrogens (primary N) is 1. The quantitative estimate of drug-likeness (QED) is 0.812. The predicted octanol–water partition coefficient (Wildman–Crippen LogP) is 3.48. The first-order valence-electron chi connectivity index (χ1n) is 8.89. The summed E-state index contributed by atoms with van der Waals surface area (Å²) >= 11 is 6.04. The fourth-order valence-electron chi connectivity index (χ4n) is 4.38. The van der Waals surface area contributed by atoms with Gasteiger partial charge in [0.1, 0.15) is 29.8 Å². The van der Waals surface area contributed by atoms with Crippen LogP contribution in [-0.4, -0.2) is 31.9 Å². The summed E-state index contributed by atoms with van der Waals surface area (Å²) in [5.41, 5.74) is 7.73. The highest BCUT2D eigenvalue weighted by Crippen LogP contribution is 2.51. The molecule has 0 radical (unpaired) electrons. The van der Waals surface area contributed by atoms with Crippen LogP contribution in [0, 0.1) is 11.7 Å². The molecule has 140 valence electrons. The molecule has 3 aliphatic heterocycles. The van der Waals surface area contributed by atoms with Gasteiger partial charge in [0.05, 0.1) is 6.61 Å². The first-order chi connectivity index (χ1) is 13.0. The molecule has 3 atom stereocenters. The molecule has 3 unspecified atom stereocenters. The Hall–Kier alpha value is -2.31. The summed E-state index contributed by atoms with van der Waals surface area (Å²) in [7, 11) is 0. The van der Waals surface area contributed by atoms with Crippen molar-refractivity contribution in [3.8, 4) is 16.9 Å². The number of halogens is 2. The highest BCUT2D eigenvalue weighted by molar-refractivity contribution is 6.30. The summed E-state index contributed by atoms with van der Waals surface area (Å²) in [5.74, 6) is 0.457. The zero-order chi connectivity index (χ0) is 18.6. The van der Waals surface area contributed by atoms with Crippen LogP contribution in [0.5, 0.6) is 5.75 Å². The van der Waals surface area contributed by atoms with Gasteiger partial charge in [-0.05, 0) is 47.9 Å². The smallest absolute Gasteiger partial charge is 0.283 e. The van der Waals surface area contributed by atoms with Gasteiger partial charge >= 0.3 is 0 Å². The number of amidine groups is 1. The van der Waals surface area contributed by atoms with Crippen LogP contribution in [0.3, 0.4) is 0 Å². The van der Waals surface area contributed by atoms with Gasteiger partial charge in [-0.3, -0.25) is 0 Å². The normalized spacial score (nSPS) is 28.7. The highest BCUT2D eigenvalue weighted by atomic mass is 35.5. The zero-order valence-electron chi connectivity index (χ0n) is 14.5. The lowest BCUT2D eigenvalue weighted by molar-refractivity contribution is -0.0732. The van der Waals surface area contributed by atoms with Crippen LogP contribution >= 0.6 is 11.6 Å². The minimum Gasteiger partial charge on any atom is -0.487 e. The standard InChI is InChI=1S/C20H18ClFN2O3/c21-13-5-12(6-14(22)8-13)11-1-2-17-16(7-11)20(10-26-19(23)24-20)15-3-4-25-9-18(15)27-17/h1-2,5-8,15,18H,3-4,9-10H2,(H2,23,24). The summed E-state index contributed by atoms with van der Waals surface area (Å²) < 4.78 is 31.2. The largest absolute Gasteiger partial charge is 0.487 e. The molecular weight excluding hydrogens is 371 g/mol. The van der Waals surface area contributed by atoms with Crippen molar-refractivity contribution in [3.05, 3.63) is 52.8 Å². The van der Waals surface area contributed by atoms with Crippen molar-refractivity contribution < 1.29 is 18.6 Å². The Morgan fingerprint density at radius 2 is 2.07 bits per heavy atom. The molecule has 0 saturated carbocycles. The summed E-state index contributed by atoms with van der Waals surface area (Å²) in [5, 5.41) is 0.352. The number of fused-ring (bicyclic) bond motifs is 4. The second kappa shape index (κ2) is 6.11. The lowest BCUT2D eigenvalue weighted by Gasteiger charge is -2.46. The van der Waals surface area contributed by atoms with E-state index in [4.69, 9.17) is 36.5 Å². The average molecular weight is 389 g/mol. The van der Waals surface area contributed by atoms with E-state index >= 15 is 0 Å². The fourth-order valence-corrected chi connectivity index (χ4v) is 4.60. The van der Waals surface area contributed by atoms with Gasteiger partial charge in [-0.2, -0.15) is 0 Å². The van der Waals surface area contributed by atoms with Gasteiger partial charge in [-0.15, -0.1) is 0 Å². The lowest BCUT2D eigenvalue weighted by atomic mass is 9.71. The molecule has 0 bridgehead atoms. The van der Waals surface area contributed by atoms with Gasteiger partial charge in [0.25, 0.3) is 6.02 Å². The van der Waals surface area contributed by atoms with Crippen molar-refractivity contribution in [3.63, 3.8) is 0 Å². The maximum Gasteiger partial charge on any atom is 0.283 e. The molecule has 0 amide bonds. The summed E-state index contributed by atoms with van der Waals surface area (Å²) in [4.78, 5) is 4.71. The van der Waals surface area contributed by atoms with E-state index in [9.17, 15) is 4.39 Å². The van der Waals surface area contributed by atoms with E-state index in [1.165, 1.54) is 12.1 Å². The molecule has 5 rings (SSSR count). The Kier molecular flexibility index (Phi) is 3.81. The van der Waals surface area contributed by atoms with Crippen LogP contribution in [0.2, 0.25) is 5.02 Å². The van der Waals surface area contributed by atoms with Crippen molar-refractivity contribution in [2.75, 3.05) is 19.8 Å². The van der Waals surface area contributed by atoms with E-state index < -0.39 is 5.54 Å². The van der Waals surface area contributed by atoms with Gasteiger partial charge in [-0.1, -0.05) is 17.7 Å². The van der Waals surface area contributed by atoms with E-state index in [-0.39, 0.29) is 23.9 Å². The van der Waals surface area contributed by atoms with E-state index in [0.717, 1.165) is 23.3 Å². The molecule has 0 aliphatic carbocycles. The minimum atomic E-state index is -0.612. The summed E-state index contributed by atoms with van der Waals surface area (Å²) in [6.45, 7) is 1.53. The summed E-state index contributed by atoms with van der Waals surface area (Å²) in [6, 6.07) is 10.4. The number of rotatable bonds is 1. The van der Waals surface area contributed by atoms with Crippen LogP contribution in [-0.2, 0) is 15.0 Å². The lowest BCUT2D eigenvalue weighted by Crippen LogP contribution is -2.52. The number of hydrogen-bond donors (Lipinski definition) is 1. The average Bonchev–Trinajstić information content (AvgIpc) is 3.03. The highest BCUT2D eigenvalue weighted by Gasteiger charge is 2.54. The monoisotopic (exact) mass is 388 g/mol. The van der Waals surface area contributed by atoms with Crippen LogP contribution < -0.4 is 10.5 Å². The van der Waals surface area contributed by atoms with E-state index in [1.54, 1.807) is 6.07 Å². The molecule has 1 fully saturated rings. The molecule has 7 heteroatoms. The maximum atomic E-state index is 13.8. The molecule has 2 N–H and O–H groups in total. The molecular formula is C20H18ClFN2O3. The predicted molar refractivity (Wildman–Crippen MR) is 99.4 cm³/mol. The Morgan fingerprint density at radius 3 is 2.85 bits per heavy atom. The molecule has 5 nitrogen and oxygen atoms in total. The van der Waals surface area contributed by atoms with Crippen LogP contribution in [0.1, 0.15) is 12.0 Å². The second-order valence-corrected chi connectivity index (χ2v) is 7.59. The molecule has 3 aliphatic rings. The van der Waals surface area contributed by atoms with Gasteiger partial charge in [-0.25, -0.2) is 9.38 Å². The number of ether oxygens (including phenoxy) is 3. The van der Waals surface area contributed by atoms with Crippen molar-refractivity contribution in [1.82, 2.24) is 0 Å². The molecule has 1 spiro atoms. The first-order valence-corrected chi connectivity index (χ1v) is 9.26. The SMILES string of the molecule is NC1=NC2(CO1)c1cc(-c3cc(F)cc(Cl)c3)ccc1OC1COCCC12. The molecule has 27 heavy (non-hydrogen) atoms. The molecule has 2 aromatic carbocycles. The van der Waals surface area contributed by atoms with Crippen LogP contribution in [0.4, 0.5) is 4.39 Å². The zero-order valence-corrected chi connectivity index (χ0v) is 15.2. The van der Waals surface area contributed by atoms with E-state index in [1.807, 2.05) is 18.2 Å². The third kappa shape index (κ3) is 2.66. The third-order valence-electron chi connectivity index (χ3n) is 5.59. The minimum absolute atomic E-state index is 0.0982. The maximum absolute atomic E-state index is 13.8. The van der Waals surface area contributed by atoms with Crippen molar-refractivity contribution >= 4 is 17.6 Å². The Labute approximate surface area is 160 Å². The van der Waals surface area contributed by atoms with Gasteiger partial charge in [0, 0.05) is 23.1 Å². The van der Waals surface area contributed by atoms with Crippen LogP contribution in [0.15, 0.2) is 41.4 Å². The third-order valence-corrected chi connectivity index (χ3v) is 5.81. The second-order valence-electron chi connectivity index (χ2n) is 7.16. The Morgan fingerprint density at radius 1 is 1.19 bits per heavy atom. The number of benzene rings is 2. The summed E-state index contributed by atoms with van der Waals surface area (Å²) in [6.07, 6.45) is 0.708. The molecule has 1 saturated heterocycles. The van der Waals surface area contributed by atoms with E-state index in [0.29, 0.717) is 30.4 Å². The fraction of sp³-hybridized carbons (Fsp3) is 0.350. The van der Waals surface area contributed by atoms with Crippen molar-refractivity contribution in [1.29, 1.82) is 0 Å². The van der Waals surface area contributed by atoms with Crippen molar-refractivity contribution in [2.45, 2.75) is 18.1 Å². The van der Waals surface area contributed by atoms with Crippen LogP contribution in [0.25, 0.3) is 11.1 Å². The van der Waals surface area contributed by atoms with E-state index in [2.05, 4.69) is 0 Å². The molecule has 0 aromatic heterocycles. The Balaban J connectivity index is 1.67. The number of aliphatic imine (C=N–C) groups is 1. The topological polar surface area (TPSA) is 66.1 Å². The first kappa shape index (κ1) is 16.8. The number of nitrogens with zero attached hydrogens (tertiary/aromatic N) is 1.